The van der Waals surface area contributed by atoms with E-state index in [-0.39, 0.29) is 6.04 Å². The van der Waals surface area contributed by atoms with Crippen molar-refractivity contribution in [3.8, 4) is 0 Å². The first-order chi connectivity index (χ1) is 15.4. The maximum absolute atomic E-state index is 4.80. The molecule has 1 aromatic heterocycles. The van der Waals surface area contributed by atoms with Crippen LogP contribution < -0.4 is 0 Å². The van der Waals surface area contributed by atoms with Crippen LogP contribution in [0.1, 0.15) is 98.8 Å². The summed E-state index contributed by atoms with van der Waals surface area (Å²) in [5.41, 5.74) is 5.84. The average Bonchev–Trinajstić information content (AvgIpc) is 3.19. The highest BCUT2D eigenvalue weighted by Gasteiger charge is 2.26. The summed E-state index contributed by atoms with van der Waals surface area (Å²) >= 11 is 0. The maximum atomic E-state index is 4.80. The molecule has 31 heavy (non-hydrogen) atoms. The molecular formula is C29H38N2. The molecular weight excluding hydrogens is 376 g/mol. The molecule has 2 heteroatoms. The molecule has 0 fully saturated rings. The lowest BCUT2D eigenvalue weighted by Gasteiger charge is -2.24. The van der Waals surface area contributed by atoms with Crippen molar-refractivity contribution in [3.63, 3.8) is 0 Å². The third-order valence-corrected chi connectivity index (χ3v) is 6.89. The Morgan fingerprint density at radius 2 is 1.29 bits per heavy atom. The van der Waals surface area contributed by atoms with Crippen molar-refractivity contribution in [2.75, 3.05) is 0 Å². The van der Waals surface area contributed by atoms with E-state index in [2.05, 4.69) is 66.2 Å². The first kappa shape index (κ1) is 21.9. The number of rotatable bonds is 11. The summed E-state index contributed by atoms with van der Waals surface area (Å²) < 4.78 is 2.45. The smallest absolute Gasteiger partial charge is 0.109 e. The number of hydrogen-bond donors (Lipinski definition) is 0. The van der Waals surface area contributed by atoms with E-state index in [9.17, 15) is 0 Å². The first-order valence-electron chi connectivity index (χ1n) is 12.6. The van der Waals surface area contributed by atoms with Crippen LogP contribution in [0.2, 0.25) is 0 Å². The second kappa shape index (κ2) is 11.3. The maximum Gasteiger partial charge on any atom is 0.109 e. The Morgan fingerprint density at radius 1 is 0.742 bits per heavy atom. The lowest BCUT2D eigenvalue weighted by molar-refractivity contribution is 0.552. The van der Waals surface area contributed by atoms with E-state index < -0.39 is 0 Å². The molecule has 0 spiro atoms. The van der Waals surface area contributed by atoms with E-state index in [4.69, 9.17) is 4.98 Å². The SMILES string of the molecule is CCCCCCCCCCCc1nccn1C1c2ccccc2CCc2ccccc21. The van der Waals surface area contributed by atoms with E-state index >= 15 is 0 Å². The van der Waals surface area contributed by atoms with E-state index in [1.807, 2.05) is 6.20 Å². The molecule has 0 unspecified atom stereocenters. The molecule has 3 aromatic rings. The van der Waals surface area contributed by atoms with Gasteiger partial charge in [0.25, 0.3) is 0 Å². The van der Waals surface area contributed by atoms with Crippen molar-refractivity contribution in [2.24, 2.45) is 0 Å². The fraction of sp³-hybridized carbons (Fsp3) is 0.483. The van der Waals surface area contributed by atoms with Gasteiger partial charge in [0.2, 0.25) is 0 Å². The molecule has 0 radical (unpaired) electrons. The summed E-state index contributed by atoms with van der Waals surface area (Å²) in [6.45, 7) is 2.29. The standard InChI is InChI=1S/C29H38N2/c1-2-3-4-5-6-7-8-9-10-19-28-30-22-23-31(28)29-26-17-13-11-15-24(26)20-21-25-16-12-14-18-27(25)29/h11-18,22-23,29H,2-10,19-21H2,1H3. The fourth-order valence-electron chi connectivity index (χ4n) is 5.16. The number of fused-ring (bicyclic) bond motifs is 2. The fourth-order valence-corrected chi connectivity index (χ4v) is 5.16. The summed E-state index contributed by atoms with van der Waals surface area (Å²) in [6, 6.07) is 18.3. The minimum atomic E-state index is 0.242. The van der Waals surface area contributed by atoms with Crippen LogP contribution in [0, 0.1) is 0 Å². The molecule has 0 amide bonds. The van der Waals surface area contributed by atoms with Gasteiger partial charge in [-0.25, -0.2) is 4.98 Å². The normalized spacial score (nSPS) is 13.6. The van der Waals surface area contributed by atoms with Gasteiger partial charge in [0.1, 0.15) is 5.82 Å². The molecule has 0 saturated carbocycles. The molecule has 0 saturated heterocycles. The predicted octanol–water partition coefficient (Wildman–Crippen LogP) is 7.69. The van der Waals surface area contributed by atoms with E-state index in [1.165, 1.54) is 85.9 Å². The van der Waals surface area contributed by atoms with Gasteiger partial charge in [0.15, 0.2) is 0 Å². The van der Waals surface area contributed by atoms with Gasteiger partial charge in [-0.05, 0) is 41.5 Å². The average molecular weight is 415 g/mol. The Balaban J connectivity index is 1.44. The number of nitrogens with zero attached hydrogens (tertiary/aromatic N) is 2. The number of imidazole rings is 1. The highest BCUT2D eigenvalue weighted by Crippen LogP contribution is 2.36. The van der Waals surface area contributed by atoms with Gasteiger partial charge >= 0.3 is 0 Å². The number of aromatic nitrogens is 2. The van der Waals surface area contributed by atoms with Crippen LogP contribution in [-0.4, -0.2) is 9.55 Å². The summed E-state index contributed by atoms with van der Waals surface area (Å²) in [4.78, 5) is 4.80. The summed E-state index contributed by atoms with van der Waals surface area (Å²) in [5.74, 6) is 1.24. The number of aryl methyl sites for hydroxylation is 3. The molecule has 1 heterocycles. The lowest BCUT2D eigenvalue weighted by Crippen LogP contribution is -2.16. The van der Waals surface area contributed by atoms with Gasteiger partial charge in [-0.3, -0.25) is 0 Å². The van der Waals surface area contributed by atoms with Gasteiger partial charge < -0.3 is 4.57 Å². The summed E-state index contributed by atoms with van der Waals surface area (Å²) in [7, 11) is 0. The van der Waals surface area contributed by atoms with Gasteiger partial charge in [-0.15, -0.1) is 0 Å². The van der Waals surface area contributed by atoms with Crippen molar-refractivity contribution in [1.82, 2.24) is 9.55 Å². The van der Waals surface area contributed by atoms with E-state index in [0.717, 1.165) is 19.3 Å². The minimum absolute atomic E-state index is 0.242. The molecule has 1 aliphatic rings. The lowest BCUT2D eigenvalue weighted by atomic mass is 9.94. The van der Waals surface area contributed by atoms with Gasteiger partial charge in [0, 0.05) is 18.8 Å². The number of unbranched alkanes of at least 4 members (excludes halogenated alkanes) is 8. The van der Waals surface area contributed by atoms with Crippen molar-refractivity contribution in [3.05, 3.63) is 89.0 Å². The van der Waals surface area contributed by atoms with Gasteiger partial charge in [-0.1, -0.05) is 107 Å². The minimum Gasteiger partial charge on any atom is -0.323 e. The number of benzene rings is 2. The summed E-state index contributed by atoms with van der Waals surface area (Å²) in [6.07, 6.45) is 19.8. The molecule has 0 aliphatic heterocycles. The van der Waals surface area contributed by atoms with Crippen LogP contribution >= 0.6 is 0 Å². The van der Waals surface area contributed by atoms with Crippen LogP contribution in [-0.2, 0) is 19.3 Å². The zero-order valence-electron chi connectivity index (χ0n) is 19.2. The predicted molar refractivity (Wildman–Crippen MR) is 131 cm³/mol. The highest BCUT2D eigenvalue weighted by atomic mass is 15.1. The molecule has 0 atom stereocenters. The van der Waals surface area contributed by atoms with E-state index in [0.29, 0.717) is 0 Å². The van der Waals surface area contributed by atoms with Gasteiger partial charge in [-0.2, -0.15) is 0 Å². The second-order valence-corrected chi connectivity index (χ2v) is 9.13. The monoisotopic (exact) mass is 414 g/mol. The molecule has 4 rings (SSSR count). The van der Waals surface area contributed by atoms with Crippen molar-refractivity contribution < 1.29 is 0 Å². The molecule has 2 nitrogen and oxygen atoms in total. The quantitative estimate of drug-likeness (QED) is 0.294. The van der Waals surface area contributed by atoms with Gasteiger partial charge in [0.05, 0.1) is 6.04 Å². The van der Waals surface area contributed by atoms with Crippen molar-refractivity contribution in [1.29, 1.82) is 0 Å². The Labute approximate surface area is 188 Å². The van der Waals surface area contributed by atoms with E-state index in [1.54, 1.807) is 0 Å². The molecule has 0 bridgehead atoms. The number of hydrogen-bond acceptors (Lipinski definition) is 1. The molecule has 0 N–H and O–H groups in total. The van der Waals surface area contributed by atoms with Crippen LogP contribution in [0.4, 0.5) is 0 Å². The Morgan fingerprint density at radius 3 is 1.90 bits per heavy atom. The van der Waals surface area contributed by atoms with Crippen LogP contribution in [0.3, 0.4) is 0 Å². The summed E-state index contributed by atoms with van der Waals surface area (Å²) in [5, 5.41) is 0. The van der Waals surface area contributed by atoms with Crippen LogP contribution in [0.25, 0.3) is 0 Å². The third kappa shape index (κ3) is 5.47. The topological polar surface area (TPSA) is 17.8 Å². The zero-order chi connectivity index (χ0) is 21.3. The zero-order valence-corrected chi connectivity index (χ0v) is 19.2. The Kier molecular flexibility index (Phi) is 7.98. The third-order valence-electron chi connectivity index (χ3n) is 6.89. The van der Waals surface area contributed by atoms with Crippen molar-refractivity contribution >= 4 is 0 Å². The van der Waals surface area contributed by atoms with Crippen LogP contribution in [0.15, 0.2) is 60.9 Å². The largest absolute Gasteiger partial charge is 0.323 e. The van der Waals surface area contributed by atoms with Crippen molar-refractivity contribution in [2.45, 2.75) is 90.0 Å². The highest BCUT2D eigenvalue weighted by molar-refractivity contribution is 5.45. The second-order valence-electron chi connectivity index (χ2n) is 9.13. The Bertz CT molecular complexity index is 892. The molecule has 2 aromatic carbocycles. The first-order valence-corrected chi connectivity index (χ1v) is 12.6. The molecule has 1 aliphatic carbocycles. The Hall–Kier alpha value is -2.35. The van der Waals surface area contributed by atoms with Crippen LogP contribution in [0.5, 0.6) is 0 Å². The molecule has 164 valence electrons.